The maximum atomic E-state index is 12.0. The van der Waals surface area contributed by atoms with Crippen molar-refractivity contribution in [1.82, 2.24) is 15.2 Å². The molecule has 0 saturated carbocycles. The van der Waals surface area contributed by atoms with Gasteiger partial charge in [0.05, 0.1) is 5.88 Å². The minimum absolute atomic E-state index is 0.339. The van der Waals surface area contributed by atoms with Crippen LogP contribution < -0.4 is 5.32 Å². The lowest BCUT2D eigenvalue weighted by molar-refractivity contribution is -0.140. The van der Waals surface area contributed by atoms with Gasteiger partial charge in [0.15, 0.2) is 0 Å². The van der Waals surface area contributed by atoms with Crippen molar-refractivity contribution in [2.24, 2.45) is 0 Å². The van der Waals surface area contributed by atoms with E-state index in [4.69, 9.17) is 5.11 Å². The second kappa shape index (κ2) is 5.92. The number of aromatic nitrogens is 1. The molecule has 2 N–H and O–H groups in total. The fraction of sp³-hybridized carbons (Fsp3) is 0.417. The number of urea groups is 1. The van der Waals surface area contributed by atoms with Gasteiger partial charge in [0.25, 0.3) is 0 Å². The van der Waals surface area contributed by atoms with Crippen LogP contribution in [0.1, 0.15) is 11.1 Å². The molecule has 19 heavy (non-hydrogen) atoms. The molecule has 2 amide bonds. The highest BCUT2D eigenvalue weighted by Gasteiger charge is 2.34. The Morgan fingerprint density at radius 2 is 2.42 bits per heavy atom. The number of amides is 2. The molecule has 6 nitrogen and oxygen atoms in total. The average molecular weight is 281 g/mol. The summed E-state index contributed by atoms with van der Waals surface area (Å²) in [6.45, 7) is 2.29. The Balaban J connectivity index is 1.95. The van der Waals surface area contributed by atoms with Crippen molar-refractivity contribution >= 4 is 23.8 Å². The Kier molecular flexibility index (Phi) is 4.26. The zero-order chi connectivity index (χ0) is 13.8. The number of hydrogen-bond donors (Lipinski definition) is 2. The summed E-state index contributed by atoms with van der Waals surface area (Å²) in [5.41, 5.74) is 1.97. The van der Waals surface area contributed by atoms with Gasteiger partial charge in [0.1, 0.15) is 6.04 Å². The molecule has 1 aliphatic heterocycles. The third kappa shape index (κ3) is 3.17. The maximum absolute atomic E-state index is 12.0. The van der Waals surface area contributed by atoms with Crippen molar-refractivity contribution in [2.75, 3.05) is 11.6 Å². The summed E-state index contributed by atoms with van der Waals surface area (Å²) in [6, 6.07) is 0.764. The van der Waals surface area contributed by atoms with E-state index in [-0.39, 0.29) is 6.03 Å². The van der Waals surface area contributed by atoms with Gasteiger partial charge in [0.2, 0.25) is 0 Å². The fourth-order valence-electron chi connectivity index (χ4n) is 1.82. The van der Waals surface area contributed by atoms with Crippen LogP contribution in [0.25, 0.3) is 0 Å². The van der Waals surface area contributed by atoms with Crippen LogP contribution in [0.4, 0.5) is 4.79 Å². The molecule has 0 aliphatic carbocycles. The topological polar surface area (TPSA) is 82.5 Å². The molecular formula is C12H15N3O3S. The Morgan fingerprint density at radius 3 is 3.11 bits per heavy atom. The third-order valence-electron chi connectivity index (χ3n) is 2.99. The second-order valence-electron chi connectivity index (χ2n) is 4.28. The summed E-state index contributed by atoms with van der Waals surface area (Å²) in [6.07, 6.45) is 3.40. The summed E-state index contributed by atoms with van der Waals surface area (Å²) in [5, 5.41) is 11.8. The van der Waals surface area contributed by atoms with Crippen molar-refractivity contribution in [3.8, 4) is 0 Å². The predicted octanol–water partition coefficient (Wildman–Crippen LogP) is 1.06. The molecule has 1 aromatic heterocycles. The minimum atomic E-state index is -0.958. The highest BCUT2D eigenvalue weighted by atomic mass is 32.2. The van der Waals surface area contributed by atoms with Gasteiger partial charge in [-0.25, -0.2) is 9.59 Å². The van der Waals surface area contributed by atoms with Crippen LogP contribution in [0.3, 0.4) is 0 Å². The molecule has 1 aliphatic rings. The summed E-state index contributed by atoms with van der Waals surface area (Å²) in [4.78, 5) is 28.3. The molecule has 7 heteroatoms. The fourth-order valence-corrected chi connectivity index (χ4v) is 2.97. The van der Waals surface area contributed by atoms with Gasteiger partial charge >= 0.3 is 12.0 Å². The number of hydrogen-bond acceptors (Lipinski definition) is 4. The van der Waals surface area contributed by atoms with E-state index < -0.39 is 12.0 Å². The zero-order valence-electron chi connectivity index (χ0n) is 10.5. The zero-order valence-corrected chi connectivity index (χ0v) is 11.3. The van der Waals surface area contributed by atoms with Crippen LogP contribution in [0, 0.1) is 6.92 Å². The van der Waals surface area contributed by atoms with E-state index in [1.54, 1.807) is 12.4 Å². The molecule has 2 rings (SSSR count). The molecule has 1 aromatic rings. The highest BCUT2D eigenvalue weighted by Crippen LogP contribution is 2.21. The standard InChI is InChI=1S/C12H15N3O3S/c1-8-4-13-3-2-9(8)5-14-12(18)15-7-19-6-10(15)11(16)17/h2-4,10H,5-7H2,1H3,(H,14,18)(H,16,17)/t10-/m0/s1. The van der Waals surface area contributed by atoms with E-state index in [1.165, 1.54) is 16.7 Å². The molecule has 2 heterocycles. The number of pyridine rings is 1. The number of carboxylic acid groups (broad SMARTS) is 1. The number of rotatable bonds is 3. The lowest BCUT2D eigenvalue weighted by Crippen LogP contribution is -2.46. The van der Waals surface area contributed by atoms with Gasteiger partial charge in [-0.15, -0.1) is 11.8 Å². The lowest BCUT2D eigenvalue weighted by Gasteiger charge is -2.21. The molecule has 102 valence electrons. The van der Waals surface area contributed by atoms with Crippen molar-refractivity contribution in [3.63, 3.8) is 0 Å². The number of thioether (sulfide) groups is 1. The smallest absolute Gasteiger partial charge is 0.327 e. The third-order valence-corrected chi connectivity index (χ3v) is 4.01. The molecule has 0 radical (unpaired) electrons. The molecule has 0 bridgehead atoms. The summed E-state index contributed by atoms with van der Waals surface area (Å²) >= 11 is 1.45. The van der Waals surface area contributed by atoms with Crippen LogP contribution in [-0.2, 0) is 11.3 Å². The van der Waals surface area contributed by atoms with E-state index >= 15 is 0 Å². The van der Waals surface area contributed by atoms with Crippen LogP contribution >= 0.6 is 11.8 Å². The molecule has 0 spiro atoms. The first-order valence-corrected chi connectivity index (χ1v) is 6.99. The summed E-state index contributed by atoms with van der Waals surface area (Å²) in [7, 11) is 0. The van der Waals surface area contributed by atoms with Gasteiger partial charge in [-0.1, -0.05) is 0 Å². The van der Waals surface area contributed by atoms with Crippen LogP contribution in [-0.4, -0.2) is 44.7 Å². The Labute approximate surface area is 115 Å². The number of carbonyl (C=O) groups is 2. The molecule has 1 fully saturated rings. The number of nitrogens with zero attached hydrogens (tertiary/aromatic N) is 2. The molecular weight excluding hydrogens is 266 g/mol. The second-order valence-corrected chi connectivity index (χ2v) is 5.28. The molecule has 0 unspecified atom stereocenters. The lowest BCUT2D eigenvalue weighted by atomic mass is 10.1. The maximum Gasteiger partial charge on any atom is 0.327 e. The van der Waals surface area contributed by atoms with Gasteiger partial charge in [-0.3, -0.25) is 4.98 Å². The van der Waals surface area contributed by atoms with Gasteiger partial charge in [-0.05, 0) is 24.1 Å². The average Bonchev–Trinajstić information content (AvgIpc) is 2.87. The SMILES string of the molecule is Cc1cnccc1CNC(=O)N1CSC[C@H]1C(=O)O. The molecule has 1 saturated heterocycles. The van der Waals surface area contributed by atoms with Gasteiger partial charge in [-0.2, -0.15) is 0 Å². The quantitative estimate of drug-likeness (QED) is 0.865. The van der Waals surface area contributed by atoms with E-state index in [0.29, 0.717) is 18.2 Å². The normalized spacial score (nSPS) is 18.4. The number of nitrogens with one attached hydrogen (secondary N) is 1. The van der Waals surface area contributed by atoms with E-state index in [9.17, 15) is 9.59 Å². The van der Waals surface area contributed by atoms with Crippen LogP contribution in [0.15, 0.2) is 18.5 Å². The predicted molar refractivity (Wildman–Crippen MR) is 71.8 cm³/mol. The largest absolute Gasteiger partial charge is 0.480 e. The molecule has 1 atom stereocenters. The first-order chi connectivity index (χ1) is 9.09. The summed E-state index contributed by atoms with van der Waals surface area (Å²) < 4.78 is 0. The highest BCUT2D eigenvalue weighted by molar-refractivity contribution is 7.99. The molecule has 0 aromatic carbocycles. The number of carbonyl (C=O) groups excluding carboxylic acids is 1. The Morgan fingerprint density at radius 1 is 1.63 bits per heavy atom. The number of aliphatic carboxylic acids is 1. The first kappa shape index (κ1) is 13.7. The Bertz CT molecular complexity index is 495. The van der Waals surface area contributed by atoms with E-state index in [1.807, 2.05) is 13.0 Å². The van der Waals surface area contributed by atoms with Gasteiger partial charge in [0, 0.05) is 24.7 Å². The first-order valence-electron chi connectivity index (χ1n) is 5.84. The minimum Gasteiger partial charge on any atom is -0.480 e. The van der Waals surface area contributed by atoms with Crippen LogP contribution in [0.5, 0.6) is 0 Å². The van der Waals surface area contributed by atoms with Crippen molar-refractivity contribution in [2.45, 2.75) is 19.5 Å². The number of carboxylic acids is 1. The van der Waals surface area contributed by atoms with Crippen molar-refractivity contribution < 1.29 is 14.7 Å². The van der Waals surface area contributed by atoms with E-state index in [0.717, 1.165) is 11.1 Å². The number of aryl methyl sites for hydroxylation is 1. The van der Waals surface area contributed by atoms with Crippen molar-refractivity contribution in [3.05, 3.63) is 29.6 Å². The Hall–Kier alpha value is -1.76. The van der Waals surface area contributed by atoms with Crippen molar-refractivity contribution in [1.29, 1.82) is 0 Å². The van der Waals surface area contributed by atoms with Crippen LogP contribution in [0.2, 0.25) is 0 Å². The summed E-state index contributed by atoms with van der Waals surface area (Å²) in [5.74, 6) is -0.102. The monoisotopic (exact) mass is 281 g/mol. The van der Waals surface area contributed by atoms with Gasteiger partial charge < -0.3 is 15.3 Å². The van der Waals surface area contributed by atoms with E-state index in [2.05, 4.69) is 10.3 Å².